The fourth-order valence-electron chi connectivity index (χ4n) is 2.11. The largest absolute Gasteiger partial charge is 0.356 e. The first-order valence-corrected chi connectivity index (χ1v) is 6.78. The molecule has 0 atom stereocenters. The number of thioether (sulfide) groups is 1. The van der Waals surface area contributed by atoms with Gasteiger partial charge >= 0.3 is 0 Å². The van der Waals surface area contributed by atoms with Crippen molar-refractivity contribution < 1.29 is 0 Å². The lowest BCUT2D eigenvalue weighted by Gasteiger charge is -2.40. The van der Waals surface area contributed by atoms with Gasteiger partial charge in [0.2, 0.25) is 0 Å². The van der Waals surface area contributed by atoms with Crippen LogP contribution >= 0.6 is 11.8 Å². The standard InChI is InChI=1S/C11H18N4S/c1-16-11(8-12)3-6-15(7-4-11)10-2-5-13-9-14-10/h2,5,9H,3-4,6-8,12H2,1H3. The van der Waals surface area contributed by atoms with E-state index in [1.54, 1.807) is 12.5 Å². The van der Waals surface area contributed by atoms with Crippen LogP contribution in [0.3, 0.4) is 0 Å². The van der Waals surface area contributed by atoms with Gasteiger partial charge in [-0.1, -0.05) is 0 Å². The number of rotatable bonds is 3. The number of nitrogens with two attached hydrogens (primary N) is 1. The molecule has 1 aliphatic heterocycles. The first-order chi connectivity index (χ1) is 7.79. The van der Waals surface area contributed by atoms with E-state index in [9.17, 15) is 0 Å². The van der Waals surface area contributed by atoms with Crippen molar-refractivity contribution in [3.05, 3.63) is 18.6 Å². The van der Waals surface area contributed by atoms with Crippen LogP contribution in [0.25, 0.3) is 0 Å². The molecule has 5 heteroatoms. The molecule has 0 spiro atoms. The highest BCUT2D eigenvalue weighted by atomic mass is 32.2. The normalized spacial score (nSPS) is 19.8. The number of nitrogens with zero attached hydrogens (tertiary/aromatic N) is 3. The maximum atomic E-state index is 5.87. The zero-order valence-electron chi connectivity index (χ0n) is 9.59. The fraction of sp³-hybridized carbons (Fsp3) is 0.636. The highest BCUT2D eigenvalue weighted by Gasteiger charge is 2.32. The van der Waals surface area contributed by atoms with E-state index < -0.39 is 0 Å². The minimum atomic E-state index is 0.281. The second-order valence-electron chi connectivity index (χ2n) is 4.15. The van der Waals surface area contributed by atoms with Gasteiger partial charge in [0.15, 0.2) is 0 Å². The Labute approximate surface area is 101 Å². The summed E-state index contributed by atoms with van der Waals surface area (Å²) in [5.74, 6) is 1.03. The van der Waals surface area contributed by atoms with Gasteiger partial charge in [-0.25, -0.2) is 9.97 Å². The van der Waals surface area contributed by atoms with E-state index in [4.69, 9.17) is 5.73 Å². The molecule has 2 rings (SSSR count). The average Bonchev–Trinajstić information content (AvgIpc) is 2.40. The molecule has 1 aromatic heterocycles. The molecule has 0 bridgehead atoms. The maximum Gasteiger partial charge on any atom is 0.131 e. The molecule has 1 aliphatic rings. The third-order valence-electron chi connectivity index (χ3n) is 3.37. The predicted octanol–water partition coefficient (Wildman–Crippen LogP) is 1.14. The van der Waals surface area contributed by atoms with E-state index in [1.165, 1.54) is 0 Å². The fourth-order valence-corrected chi connectivity index (χ4v) is 2.86. The molecule has 1 saturated heterocycles. The smallest absolute Gasteiger partial charge is 0.131 e. The summed E-state index contributed by atoms with van der Waals surface area (Å²) in [5, 5.41) is 0. The van der Waals surface area contributed by atoms with E-state index in [0.717, 1.165) is 38.3 Å². The molecule has 1 fully saturated rings. The van der Waals surface area contributed by atoms with E-state index in [-0.39, 0.29) is 4.75 Å². The number of piperidine rings is 1. The van der Waals surface area contributed by atoms with E-state index in [1.807, 2.05) is 17.8 Å². The zero-order valence-corrected chi connectivity index (χ0v) is 10.4. The van der Waals surface area contributed by atoms with Gasteiger partial charge in [0.05, 0.1) is 0 Å². The van der Waals surface area contributed by atoms with Crippen molar-refractivity contribution in [1.29, 1.82) is 0 Å². The summed E-state index contributed by atoms with van der Waals surface area (Å²) in [5.41, 5.74) is 5.87. The summed E-state index contributed by atoms with van der Waals surface area (Å²) in [7, 11) is 0. The van der Waals surface area contributed by atoms with Crippen molar-refractivity contribution in [1.82, 2.24) is 9.97 Å². The highest BCUT2D eigenvalue weighted by Crippen LogP contribution is 2.34. The molecule has 0 unspecified atom stereocenters. The van der Waals surface area contributed by atoms with E-state index in [0.29, 0.717) is 0 Å². The number of hydrogen-bond donors (Lipinski definition) is 1. The first-order valence-electron chi connectivity index (χ1n) is 5.56. The van der Waals surface area contributed by atoms with Crippen LogP contribution in [0, 0.1) is 0 Å². The van der Waals surface area contributed by atoms with Crippen LogP contribution < -0.4 is 10.6 Å². The molecule has 0 aliphatic carbocycles. The Bertz CT molecular complexity index is 316. The predicted molar refractivity (Wildman–Crippen MR) is 68.8 cm³/mol. The van der Waals surface area contributed by atoms with Gasteiger partial charge in [0, 0.05) is 30.6 Å². The summed E-state index contributed by atoms with van der Waals surface area (Å²) < 4.78 is 0.281. The van der Waals surface area contributed by atoms with Crippen molar-refractivity contribution >= 4 is 17.6 Å². The molecule has 88 valence electrons. The Morgan fingerprint density at radius 2 is 2.25 bits per heavy atom. The van der Waals surface area contributed by atoms with Crippen molar-refractivity contribution in [2.24, 2.45) is 5.73 Å². The minimum Gasteiger partial charge on any atom is -0.356 e. The summed E-state index contributed by atoms with van der Waals surface area (Å²) in [6.45, 7) is 2.84. The molecule has 2 N–H and O–H groups in total. The molecular formula is C11H18N4S. The van der Waals surface area contributed by atoms with Crippen LogP contribution in [-0.4, -0.2) is 40.6 Å². The van der Waals surface area contributed by atoms with Crippen molar-refractivity contribution in [2.45, 2.75) is 17.6 Å². The zero-order chi connectivity index (χ0) is 11.4. The molecule has 0 aromatic carbocycles. The lowest BCUT2D eigenvalue weighted by molar-refractivity contribution is 0.455. The van der Waals surface area contributed by atoms with Crippen molar-refractivity contribution in [2.75, 3.05) is 30.8 Å². The quantitative estimate of drug-likeness (QED) is 0.855. The van der Waals surface area contributed by atoms with Gasteiger partial charge < -0.3 is 10.6 Å². The van der Waals surface area contributed by atoms with Crippen LogP contribution in [0.15, 0.2) is 18.6 Å². The van der Waals surface area contributed by atoms with Gasteiger partial charge in [-0.3, -0.25) is 0 Å². The van der Waals surface area contributed by atoms with Crippen LogP contribution in [0.5, 0.6) is 0 Å². The van der Waals surface area contributed by atoms with E-state index >= 15 is 0 Å². The van der Waals surface area contributed by atoms with Crippen LogP contribution in [0.4, 0.5) is 5.82 Å². The van der Waals surface area contributed by atoms with Gasteiger partial charge in [0.1, 0.15) is 12.1 Å². The molecule has 0 saturated carbocycles. The van der Waals surface area contributed by atoms with Crippen LogP contribution in [-0.2, 0) is 0 Å². The van der Waals surface area contributed by atoms with Gasteiger partial charge in [-0.2, -0.15) is 11.8 Å². The van der Waals surface area contributed by atoms with Crippen LogP contribution in [0.1, 0.15) is 12.8 Å². The highest BCUT2D eigenvalue weighted by molar-refractivity contribution is 8.00. The topological polar surface area (TPSA) is 55.0 Å². The summed E-state index contributed by atoms with van der Waals surface area (Å²) >= 11 is 1.91. The molecule has 0 amide bonds. The molecule has 16 heavy (non-hydrogen) atoms. The third kappa shape index (κ3) is 2.30. The number of anilines is 1. The monoisotopic (exact) mass is 238 g/mol. The average molecular weight is 238 g/mol. The van der Waals surface area contributed by atoms with E-state index in [2.05, 4.69) is 21.1 Å². The Hall–Kier alpha value is -0.810. The Balaban J connectivity index is 2.00. The molecular weight excluding hydrogens is 220 g/mol. The molecule has 1 aromatic rings. The minimum absolute atomic E-state index is 0.281. The summed E-state index contributed by atoms with van der Waals surface area (Å²) in [6.07, 6.45) is 7.83. The van der Waals surface area contributed by atoms with Crippen molar-refractivity contribution in [3.8, 4) is 0 Å². The third-order valence-corrected chi connectivity index (χ3v) is 4.81. The Morgan fingerprint density at radius 3 is 2.75 bits per heavy atom. The van der Waals surface area contributed by atoms with Gasteiger partial charge in [0.25, 0.3) is 0 Å². The van der Waals surface area contributed by atoms with Gasteiger partial charge in [-0.15, -0.1) is 0 Å². The maximum absolute atomic E-state index is 5.87. The lowest BCUT2D eigenvalue weighted by Crippen LogP contribution is -2.46. The van der Waals surface area contributed by atoms with Crippen LogP contribution in [0.2, 0.25) is 0 Å². The second kappa shape index (κ2) is 5.01. The number of hydrogen-bond acceptors (Lipinski definition) is 5. The SMILES string of the molecule is CSC1(CN)CCN(c2ccncn2)CC1. The number of aromatic nitrogens is 2. The summed E-state index contributed by atoms with van der Waals surface area (Å²) in [6, 6.07) is 1.97. The Morgan fingerprint density at radius 1 is 1.50 bits per heavy atom. The molecule has 2 heterocycles. The lowest BCUT2D eigenvalue weighted by atomic mass is 9.96. The molecule has 0 radical (unpaired) electrons. The molecule has 4 nitrogen and oxygen atoms in total. The second-order valence-corrected chi connectivity index (χ2v) is 5.42. The van der Waals surface area contributed by atoms with Crippen molar-refractivity contribution in [3.63, 3.8) is 0 Å². The first kappa shape index (κ1) is 11.7. The van der Waals surface area contributed by atoms with Gasteiger partial charge in [-0.05, 0) is 25.2 Å². The Kier molecular flexibility index (Phi) is 3.66. The summed E-state index contributed by atoms with van der Waals surface area (Å²) in [4.78, 5) is 10.5.